The van der Waals surface area contributed by atoms with Crippen LogP contribution in [0.4, 0.5) is 3.89 Å². The van der Waals surface area contributed by atoms with Gasteiger partial charge in [0.1, 0.15) is 6.07 Å². The Bertz CT molecular complexity index is 478. The molecule has 0 heterocycles. The lowest BCUT2D eigenvalue weighted by Gasteiger charge is -1.97. The largest absolute Gasteiger partial charge is 0.332 e. The van der Waals surface area contributed by atoms with Crippen LogP contribution < -0.4 is 0 Å². The number of nitriles is 1. The first-order valence-corrected chi connectivity index (χ1v) is 5.27. The van der Waals surface area contributed by atoms with E-state index in [2.05, 4.69) is 15.9 Å². The number of hydrogen-bond donors (Lipinski definition) is 0. The average molecular weight is 264 g/mol. The minimum atomic E-state index is -4.72. The molecule has 0 aliphatic carbocycles. The summed E-state index contributed by atoms with van der Waals surface area (Å²) in [4.78, 5) is -0.507. The van der Waals surface area contributed by atoms with E-state index in [1.54, 1.807) is 6.07 Å². The number of nitrogens with zero attached hydrogens (tertiary/aromatic N) is 1. The Morgan fingerprint density at radius 1 is 1.46 bits per heavy atom. The first-order valence-electron chi connectivity index (χ1n) is 3.09. The van der Waals surface area contributed by atoms with Crippen molar-refractivity contribution in [1.29, 1.82) is 5.26 Å². The molecule has 3 nitrogen and oxygen atoms in total. The minimum Gasteiger partial charge on any atom is -0.192 e. The number of halogens is 2. The van der Waals surface area contributed by atoms with Gasteiger partial charge in [-0.25, -0.2) is 0 Å². The summed E-state index contributed by atoms with van der Waals surface area (Å²) in [6.07, 6.45) is 0. The second-order valence-electron chi connectivity index (χ2n) is 2.19. The molecule has 0 aromatic heterocycles. The number of hydrogen-bond acceptors (Lipinski definition) is 3. The van der Waals surface area contributed by atoms with Crippen LogP contribution in [0.2, 0.25) is 0 Å². The Balaban J connectivity index is 3.41. The molecule has 0 amide bonds. The van der Waals surface area contributed by atoms with Crippen LogP contribution in [0.25, 0.3) is 0 Å². The SMILES string of the molecule is N#Cc1cc(S(=O)(=O)F)ccc1Br. The highest BCUT2D eigenvalue weighted by atomic mass is 79.9. The molecule has 0 unspecified atom stereocenters. The number of rotatable bonds is 1. The van der Waals surface area contributed by atoms with Gasteiger partial charge in [-0.1, -0.05) is 0 Å². The maximum Gasteiger partial charge on any atom is 0.332 e. The Morgan fingerprint density at radius 2 is 2.08 bits per heavy atom. The normalized spacial score (nSPS) is 10.8. The maximum absolute atomic E-state index is 12.4. The molecule has 0 N–H and O–H groups in total. The van der Waals surface area contributed by atoms with Crippen LogP contribution in [-0.4, -0.2) is 8.42 Å². The first kappa shape index (κ1) is 10.2. The summed E-state index contributed by atoms with van der Waals surface area (Å²) in [5, 5.41) is 8.51. The van der Waals surface area contributed by atoms with E-state index in [1.165, 1.54) is 6.07 Å². The molecule has 13 heavy (non-hydrogen) atoms. The van der Waals surface area contributed by atoms with Crippen molar-refractivity contribution in [1.82, 2.24) is 0 Å². The standard InChI is InChI=1S/C7H3BrFNO2S/c8-7-2-1-6(13(9,11)12)3-5(7)4-10/h1-3H. The Labute approximate surface area is 83.1 Å². The third-order valence-corrected chi connectivity index (χ3v) is 2.85. The van der Waals surface area contributed by atoms with Gasteiger partial charge >= 0.3 is 10.2 Å². The van der Waals surface area contributed by atoms with Gasteiger partial charge in [0.05, 0.1) is 10.5 Å². The van der Waals surface area contributed by atoms with Gasteiger partial charge in [-0.15, -0.1) is 3.89 Å². The molecule has 0 atom stereocenters. The predicted molar refractivity (Wildman–Crippen MR) is 47.2 cm³/mol. The quantitative estimate of drug-likeness (QED) is 0.728. The highest BCUT2D eigenvalue weighted by Crippen LogP contribution is 2.21. The Kier molecular flexibility index (Phi) is 2.68. The van der Waals surface area contributed by atoms with Gasteiger partial charge in [-0.3, -0.25) is 0 Å². The highest BCUT2D eigenvalue weighted by molar-refractivity contribution is 9.10. The van der Waals surface area contributed by atoms with Crippen LogP contribution in [0.1, 0.15) is 5.56 Å². The zero-order chi connectivity index (χ0) is 10.1. The molecule has 0 spiro atoms. The topological polar surface area (TPSA) is 57.9 Å². The third-order valence-electron chi connectivity index (χ3n) is 1.34. The lowest BCUT2D eigenvalue weighted by molar-refractivity contribution is 0.552. The van der Waals surface area contributed by atoms with Gasteiger partial charge in [0.25, 0.3) is 0 Å². The molecule has 0 bridgehead atoms. The van der Waals surface area contributed by atoms with Crippen molar-refractivity contribution in [3.8, 4) is 6.07 Å². The van der Waals surface area contributed by atoms with Gasteiger partial charge in [-0.2, -0.15) is 13.7 Å². The van der Waals surface area contributed by atoms with Gasteiger partial charge in [-0.05, 0) is 34.1 Å². The zero-order valence-corrected chi connectivity index (χ0v) is 8.56. The van der Waals surface area contributed by atoms with E-state index in [1.807, 2.05) is 0 Å². The van der Waals surface area contributed by atoms with Crippen molar-refractivity contribution in [2.75, 3.05) is 0 Å². The van der Waals surface area contributed by atoms with Crippen molar-refractivity contribution in [3.05, 3.63) is 28.2 Å². The molecule has 1 aromatic carbocycles. The van der Waals surface area contributed by atoms with Crippen molar-refractivity contribution >= 4 is 26.2 Å². The molecule has 68 valence electrons. The van der Waals surface area contributed by atoms with E-state index < -0.39 is 15.1 Å². The van der Waals surface area contributed by atoms with Crippen LogP contribution >= 0.6 is 15.9 Å². The molecule has 0 aliphatic rings. The van der Waals surface area contributed by atoms with Crippen LogP contribution in [0.3, 0.4) is 0 Å². The first-order chi connectivity index (χ1) is 5.95. The van der Waals surface area contributed by atoms with Crippen molar-refractivity contribution < 1.29 is 12.3 Å². The summed E-state index contributed by atoms with van der Waals surface area (Å²) in [7, 11) is -4.72. The summed E-state index contributed by atoms with van der Waals surface area (Å²) in [5.41, 5.74) is 0.0822. The molecule has 1 aromatic rings. The van der Waals surface area contributed by atoms with E-state index in [-0.39, 0.29) is 5.56 Å². The van der Waals surface area contributed by atoms with Crippen LogP contribution in [0.5, 0.6) is 0 Å². The molecule has 0 saturated carbocycles. The summed E-state index contributed by atoms with van der Waals surface area (Å²) in [5.74, 6) is 0. The van der Waals surface area contributed by atoms with Crippen molar-refractivity contribution in [2.24, 2.45) is 0 Å². The summed E-state index contributed by atoms with van der Waals surface area (Å²) < 4.78 is 33.7. The summed E-state index contributed by atoms with van der Waals surface area (Å²) in [6.45, 7) is 0. The molecule has 0 radical (unpaired) electrons. The van der Waals surface area contributed by atoms with E-state index in [9.17, 15) is 12.3 Å². The van der Waals surface area contributed by atoms with E-state index in [4.69, 9.17) is 5.26 Å². The highest BCUT2D eigenvalue weighted by Gasteiger charge is 2.13. The van der Waals surface area contributed by atoms with Crippen LogP contribution in [0.15, 0.2) is 27.6 Å². The average Bonchev–Trinajstić information content (AvgIpc) is 2.03. The third kappa shape index (κ3) is 2.26. The van der Waals surface area contributed by atoms with Crippen LogP contribution in [-0.2, 0) is 10.2 Å². The fourth-order valence-corrected chi connectivity index (χ4v) is 1.57. The van der Waals surface area contributed by atoms with Gasteiger partial charge in [0, 0.05) is 4.47 Å². The van der Waals surface area contributed by atoms with Gasteiger partial charge in [0.15, 0.2) is 0 Å². The fraction of sp³-hybridized carbons (Fsp3) is 0. The van der Waals surface area contributed by atoms with Crippen LogP contribution in [0, 0.1) is 11.3 Å². The Hall–Kier alpha value is -0.930. The molecule has 0 fully saturated rings. The number of benzene rings is 1. The van der Waals surface area contributed by atoms with E-state index in [0.29, 0.717) is 4.47 Å². The smallest absolute Gasteiger partial charge is 0.192 e. The maximum atomic E-state index is 12.4. The van der Waals surface area contributed by atoms with Gasteiger partial charge in [0.2, 0.25) is 0 Å². The molecular formula is C7H3BrFNO2S. The van der Waals surface area contributed by atoms with Crippen molar-refractivity contribution in [2.45, 2.75) is 4.90 Å². The zero-order valence-electron chi connectivity index (χ0n) is 6.16. The molecule has 1 rings (SSSR count). The second-order valence-corrected chi connectivity index (χ2v) is 4.39. The summed E-state index contributed by atoms with van der Waals surface area (Å²) in [6, 6.07) is 5.10. The van der Waals surface area contributed by atoms with E-state index in [0.717, 1.165) is 12.1 Å². The lowest BCUT2D eigenvalue weighted by Crippen LogP contribution is -1.92. The molecule has 6 heteroatoms. The Morgan fingerprint density at radius 3 is 2.54 bits per heavy atom. The van der Waals surface area contributed by atoms with E-state index >= 15 is 0 Å². The lowest BCUT2D eigenvalue weighted by atomic mass is 10.2. The molecular weight excluding hydrogens is 261 g/mol. The second kappa shape index (κ2) is 3.44. The molecule has 0 saturated heterocycles. The summed E-state index contributed by atoms with van der Waals surface area (Å²) >= 11 is 3.02. The van der Waals surface area contributed by atoms with Crippen molar-refractivity contribution in [3.63, 3.8) is 0 Å². The predicted octanol–water partition coefficient (Wildman–Crippen LogP) is 1.98. The minimum absolute atomic E-state index is 0.0822. The van der Waals surface area contributed by atoms with Gasteiger partial charge < -0.3 is 0 Å². The monoisotopic (exact) mass is 263 g/mol. The molecule has 0 aliphatic heterocycles. The fourth-order valence-electron chi connectivity index (χ4n) is 0.742.